The predicted molar refractivity (Wildman–Crippen MR) is 155 cm³/mol. The number of aryl methyl sites for hydroxylation is 1. The van der Waals surface area contributed by atoms with Gasteiger partial charge in [-0.1, -0.05) is 54.3 Å². The second-order valence-electron chi connectivity index (χ2n) is 8.54. The Balaban J connectivity index is 1.53. The molecule has 0 saturated carbocycles. The molecule has 6 rings (SSSR count). The Kier molecular flexibility index (Phi) is 6.46. The Hall–Kier alpha value is -2.52. The lowest BCUT2D eigenvalue weighted by atomic mass is 9.85. The number of hydrogen-bond donors (Lipinski definition) is 0. The molecule has 0 amide bonds. The van der Waals surface area contributed by atoms with Crippen molar-refractivity contribution in [1.82, 2.24) is 4.57 Å². The number of thiophene rings is 1. The van der Waals surface area contributed by atoms with E-state index in [1.807, 2.05) is 22.8 Å². The highest BCUT2D eigenvalue weighted by atomic mass is 79.9. The van der Waals surface area contributed by atoms with Crippen molar-refractivity contribution in [1.29, 1.82) is 0 Å². The molecule has 3 heterocycles. The number of halogens is 2. The fourth-order valence-electron chi connectivity index (χ4n) is 4.81. The zero-order valence-corrected chi connectivity index (χ0v) is 23.8. The van der Waals surface area contributed by atoms with Gasteiger partial charge in [-0.3, -0.25) is 9.36 Å². The zero-order chi connectivity index (χ0) is 24.8. The number of thiazole rings is 1. The second kappa shape index (κ2) is 9.74. The van der Waals surface area contributed by atoms with Crippen LogP contribution in [0.25, 0.3) is 11.8 Å². The van der Waals surface area contributed by atoms with Crippen molar-refractivity contribution in [2.24, 2.45) is 4.99 Å². The second-order valence-corrected chi connectivity index (χ2v) is 12.2. The molecule has 36 heavy (non-hydrogen) atoms. The number of rotatable bonds is 5. The van der Waals surface area contributed by atoms with E-state index >= 15 is 0 Å². The van der Waals surface area contributed by atoms with E-state index in [-0.39, 0.29) is 11.6 Å². The maximum atomic E-state index is 13.8. The Bertz CT molecular complexity index is 1690. The summed E-state index contributed by atoms with van der Waals surface area (Å²) < 4.78 is 9.90. The van der Waals surface area contributed by atoms with Crippen LogP contribution >= 0.6 is 54.5 Å². The number of aromatic nitrogens is 1. The van der Waals surface area contributed by atoms with Gasteiger partial charge in [0, 0.05) is 10.4 Å². The quantitative estimate of drug-likeness (QED) is 0.235. The number of nitrogens with zero attached hydrogens (tertiary/aromatic N) is 2. The molecular formula is C28H20Br2N2O2S2. The Morgan fingerprint density at radius 2 is 1.94 bits per heavy atom. The largest absolute Gasteiger partial charge is 0.487 e. The highest BCUT2D eigenvalue weighted by Crippen LogP contribution is 2.42. The normalized spacial score (nSPS) is 16.7. The van der Waals surface area contributed by atoms with Gasteiger partial charge in [-0.2, -0.15) is 0 Å². The average Bonchev–Trinajstić information content (AvgIpc) is 3.51. The molecule has 0 spiro atoms. The topological polar surface area (TPSA) is 43.6 Å². The summed E-state index contributed by atoms with van der Waals surface area (Å²) in [5, 5.41) is 2.08. The lowest BCUT2D eigenvalue weighted by Crippen LogP contribution is -2.38. The summed E-state index contributed by atoms with van der Waals surface area (Å²) in [6.45, 7) is 4.11. The van der Waals surface area contributed by atoms with Gasteiger partial charge < -0.3 is 4.74 Å². The Labute approximate surface area is 232 Å². The molecule has 4 nitrogen and oxygen atoms in total. The number of benzene rings is 2. The molecule has 0 bridgehead atoms. The lowest BCUT2D eigenvalue weighted by Gasteiger charge is -2.30. The van der Waals surface area contributed by atoms with Crippen LogP contribution < -0.4 is 19.6 Å². The third kappa shape index (κ3) is 4.10. The van der Waals surface area contributed by atoms with Crippen molar-refractivity contribution in [3.05, 3.63) is 122 Å². The van der Waals surface area contributed by atoms with E-state index in [4.69, 9.17) is 9.73 Å². The van der Waals surface area contributed by atoms with E-state index in [2.05, 4.69) is 80.2 Å². The first-order chi connectivity index (χ1) is 17.5. The minimum atomic E-state index is -0.125. The number of fused-ring (bicyclic) bond motifs is 3. The average molecular weight is 640 g/mol. The molecule has 4 aromatic rings. The maximum absolute atomic E-state index is 13.8. The molecule has 2 aromatic carbocycles. The minimum absolute atomic E-state index is 0.0122. The van der Waals surface area contributed by atoms with E-state index < -0.39 is 0 Å². The summed E-state index contributed by atoms with van der Waals surface area (Å²) in [4.78, 5) is 20.8. The van der Waals surface area contributed by atoms with E-state index in [1.165, 1.54) is 32.9 Å². The van der Waals surface area contributed by atoms with Crippen molar-refractivity contribution in [2.45, 2.75) is 18.9 Å². The monoisotopic (exact) mass is 638 g/mol. The highest BCUT2D eigenvalue weighted by molar-refractivity contribution is 9.11. The van der Waals surface area contributed by atoms with Gasteiger partial charge in [-0.05, 0) is 91.1 Å². The number of ether oxygens (including phenoxy) is 1. The highest BCUT2D eigenvalue weighted by Gasteiger charge is 2.33. The third-order valence-corrected chi connectivity index (χ3v) is 9.44. The van der Waals surface area contributed by atoms with Gasteiger partial charge in [0.1, 0.15) is 12.4 Å². The van der Waals surface area contributed by atoms with Crippen molar-refractivity contribution < 1.29 is 4.74 Å². The van der Waals surface area contributed by atoms with Crippen LogP contribution in [0.5, 0.6) is 5.75 Å². The van der Waals surface area contributed by atoms with E-state index in [9.17, 15) is 4.79 Å². The predicted octanol–water partition coefficient (Wildman–Crippen LogP) is 6.47. The molecule has 1 aliphatic heterocycles. The van der Waals surface area contributed by atoms with Crippen LogP contribution in [0.3, 0.4) is 0 Å². The molecule has 8 heteroatoms. The van der Waals surface area contributed by atoms with E-state index in [0.29, 0.717) is 16.9 Å². The summed E-state index contributed by atoms with van der Waals surface area (Å²) in [5.41, 5.74) is 5.63. The lowest BCUT2D eigenvalue weighted by molar-refractivity contribution is 0.358. The molecule has 0 N–H and O–H groups in total. The third-order valence-electron chi connectivity index (χ3n) is 6.35. The van der Waals surface area contributed by atoms with Gasteiger partial charge in [0.05, 0.1) is 25.2 Å². The van der Waals surface area contributed by atoms with Crippen molar-refractivity contribution >= 4 is 66.3 Å². The van der Waals surface area contributed by atoms with Gasteiger partial charge in [0.15, 0.2) is 4.80 Å². The van der Waals surface area contributed by atoms with Crippen molar-refractivity contribution in [3.8, 4) is 5.75 Å². The molecule has 1 atom stereocenters. The van der Waals surface area contributed by atoms with Crippen LogP contribution in [0.1, 0.15) is 34.0 Å². The maximum Gasteiger partial charge on any atom is 0.271 e. The zero-order valence-electron chi connectivity index (χ0n) is 19.0. The summed E-state index contributed by atoms with van der Waals surface area (Å²) >= 11 is 10.3. The van der Waals surface area contributed by atoms with Gasteiger partial charge in [-0.15, -0.1) is 11.3 Å². The van der Waals surface area contributed by atoms with Gasteiger partial charge >= 0.3 is 0 Å². The van der Waals surface area contributed by atoms with E-state index in [0.717, 1.165) is 37.8 Å². The molecule has 2 aromatic heterocycles. The summed E-state index contributed by atoms with van der Waals surface area (Å²) in [5.74, 6) is 0.706. The van der Waals surface area contributed by atoms with Crippen LogP contribution in [0.2, 0.25) is 0 Å². The molecule has 0 saturated heterocycles. The first-order valence-electron chi connectivity index (χ1n) is 11.4. The molecule has 0 fully saturated rings. The first-order valence-corrected chi connectivity index (χ1v) is 14.7. The fourth-order valence-corrected chi connectivity index (χ4v) is 8.11. The Morgan fingerprint density at radius 3 is 2.69 bits per heavy atom. The van der Waals surface area contributed by atoms with Crippen molar-refractivity contribution in [2.75, 3.05) is 6.61 Å². The first kappa shape index (κ1) is 23.9. The van der Waals surface area contributed by atoms with Gasteiger partial charge in [0.25, 0.3) is 5.56 Å². The number of allylic oxidation sites excluding steroid dienone is 1. The summed E-state index contributed by atoms with van der Waals surface area (Å²) in [7, 11) is 0. The van der Waals surface area contributed by atoms with Gasteiger partial charge in [-0.25, -0.2) is 4.99 Å². The summed E-state index contributed by atoms with van der Waals surface area (Å²) in [6, 6.07) is 16.5. The molecule has 1 unspecified atom stereocenters. The molecular weight excluding hydrogens is 620 g/mol. The molecule has 0 radical (unpaired) electrons. The molecule has 1 aliphatic carbocycles. The SMILES string of the molecule is C=CCOc1c(Br)cc(C=c2sc3n(c2=O)C(c2cccs2)C2=C(N=3)c3ccccc3CC2)cc1Br. The van der Waals surface area contributed by atoms with Crippen LogP contribution in [-0.2, 0) is 6.42 Å². The minimum Gasteiger partial charge on any atom is -0.487 e. The van der Waals surface area contributed by atoms with Gasteiger partial charge in [0.2, 0.25) is 0 Å². The molecule has 180 valence electrons. The smallest absolute Gasteiger partial charge is 0.271 e. The van der Waals surface area contributed by atoms with Crippen LogP contribution in [0.4, 0.5) is 0 Å². The summed E-state index contributed by atoms with van der Waals surface area (Å²) in [6.07, 6.45) is 5.49. The standard InChI is InChI=1S/C28H20Br2N2O2S2/c1-2-11-34-26-20(29)13-16(14-21(26)30)15-23-27(33)32-25(22-8-5-12-35-22)19-10-9-17-6-3-4-7-18(17)24(19)31-28(32)36-23/h2-8,12-15,25H,1,9-11H2. The van der Waals surface area contributed by atoms with Crippen LogP contribution in [-0.4, -0.2) is 11.2 Å². The van der Waals surface area contributed by atoms with E-state index in [1.54, 1.807) is 17.4 Å². The van der Waals surface area contributed by atoms with Crippen LogP contribution in [0.15, 0.2) is 90.9 Å². The number of hydrogen-bond acceptors (Lipinski definition) is 5. The fraction of sp³-hybridized carbons (Fsp3) is 0.143. The van der Waals surface area contributed by atoms with Crippen LogP contribution in [0, 0.1) is 0 Å². The Morgan fingerprint density at radius 1 is 1.14 bits per heavy atom. The van der Waals surface area contributed by atoms with Crippen molar-refractivity contribution in [3.63, 3.8) is 0 Å². The molecule has 2 aliphatic rings.